The van der Waals surface area contributed by atoms with Gasteiger partial charge in [0.25, 0.3) is 0 Å². The van der Waals surface area contributed by atoms with E-state index in [4.69, 9.17) is 16.3 Å². The average molecular weight is 458 g/mol. The molecule has 0 atom stereocenters. The Morgan fingerprint density at radius 3 is 2.71 bits per heavy atom. The number of amides is 1. The molecule has 0 spiro atoms. The highest BCUT2D eigenvalue weighted by molar-refractivity contribution is 7.16. The lowest BCUT2D eigenvalue weighted by Gasteiger charge is -2.33. The Hall–Kier alpha value is -2.74. The van der Waals surface area contributed by atoms with Gasteiger partial charge in [-0.05, 0) is 48.0 Å². The molecule has 0 radical (unpaired) electrons. The van der Waals surface area contributed by atoms with E-state index in [9.17, 15) is 9.18 Å². The van der Waals surface area contributed by atoms with Crippen molar-refractivity contribution >= 4 is 34.9 Å². The number of halogens is 2. The summed E-state index contributed by atoms with van der Waals surface area (Å²) in [4.78, 5) is 21.8. The largest absolute Gasteiger partial charge is 0.453 e. The van der Waals surface area contributed by atoms with E-state index in [0.29, 0.717) is 24.4 Å². The molecule has 3 heterocycles. The summed E-state index contributed by atoms with van der Waals surface area (Å²) in [5, 5.41) is 0. The first-order chi connectivity index (χ1) is 15.1. The molecule has 1 aliphatic heterocycles. The van der Waals surface area contributed by atoms with Crippen LogP contribution >= 0.6 is 22.9 Å². The van der Waals surface area contributed by atoms with Crippen molar-refractivity contribution in [1.29, 1.82) is 0 Å². The van der Waals surface area contributed by atoms with Crippen LogP contribution in [0.4, 0.5) is 4.39 Å². The fourth-order valence-electron chi connectivity index (χ4n) is 3.29. The molecule has 0 unspecified atom stereocenters. The summed E-state index contributed by atoms with van der Waals surface area (Å²) in [5.41, 5.74) is 0.595. The molecule has 1 amide bonds. The second-order valence-corrected chi connectivity index (χ2v) is 8.92. The quantitative estimate of drug-likeness (QED) is 0.484. The number of nitrogens with zero attached hydrogens (tertiary/aromatic N) is 3. The first-order valence-corrected chi connectivity index (χ1v) is 11.1. The molecule has 0 bridgehead atoms. The number of rotatable bonds is 6. The number of carbonyl (C=O) groups excluding carboxylic acids is 1. The molecule has 1 saturated heterocycles. The Labute approximate surface area is 189 Å². The number of pyridine rings is 1. The predicted molar refractivity (Wildman–Crippen MR) is 121 cm³/mol. The molecule has 3 aromatic rings. The molecule has 160 valence electrons. The SMILES string of the molecule is O=C(/C=C/c1ccc(Oc2cccnc2)c(F)c1)N1CCN(Cc2ccc(Cl)s2)CC1. The van der Waals surface area contributed by atoms with Gasteiger partial charge in [-0.1, -0.05) is 17.7 Å². The average Bonchev–Trinajstić information content (AvgIpc) is 3.19. The summed E-state index contributed by atoms with van der Waals surface area (Å²) < 4.78 is 20.6. The van der Waals surface area contributed by atoms with E-state index in [1.165, 1.54) is 23.2 Å². The summed E-state index contributed by atoms with van der Waals surface area (Å²) >= 11 is 7.58. The van der Waals surface area contributed by atoms with Gasteiger partial charge in [-0.2, -0.15) is 0 Å². The van der Waals surface area contributed by atoms with Gasteiger partial charge in [0.2, 0.25) is 5.91 Å². The van der Waals surface area contributed by atoms with Gasteiger partial charge in [-0.3, -0.25) is 14.7 Å². The second kappa shape index (κ2) is 10.0. The van der Waals surface area contributed by atoms with E-state index < -0.39 is 5.82 Å². The fourth-order valence-corrected chi connectivity index (χ4v) is 4.42. The van der Waals surface area contributed by atoms with Crippen LogP contribution in [0.5, 0.6) is 11.5 Å². The highest BCUT2D eigenvalue weighted by atomic mass is 35.5. The molecule has 1 aromatic carbocycles. The van der Waals surface area contributed by atoms with Crippen molar-refractivity contribution in [3.63, 3.8) is 0 Å². The van der Waals surface area contributed by atoms with Gasteiger partial charge < -0.3 is 9.64 Å². The first kappa shape index (κ1) is 21.5. The Morgan fingerprint density at radius 1 is 1.19 bits per heavy atom. The second-order valence-electron chi connectivity index (χ2n) is 7.12. The smallest absolute Gasteiger partial charge is 0.246 e. The van der Waals surface area contributed by atoms with E-state index in [-0.39, 0.29) is 11.7 Å². The van der Waals surface area contributed by atoms with Crippen LogP contribution in [0.25, 0.3) is 6.08 Å². The zero-order valence-corrected chi connectivity index (χ0v) is 18.3. The zero-order valence-electron chi connectivity index (χ0n) is 16.7. The third kappa shape index (κ3) is 5.91. The van der Waals surface area contributed by atoms with Gasteiger partial charge >= 0.3 is 0 Å². The molecule has 1 fully saturated rings. The van der Waals surface area contributed by atoms with E-state index in [2.05, 4.69) is 9.88 Å². The standard InChI is InChI=1S/C23H21ClFN3O2S/c24-22-7-5-19(31-22)16-27-10-12-28(13-11-27)23(29)8-4-17-3-6-21(20(25)14-17)30-18-2-1-9-26-15-18/h1-9,14-15H,10-13,16H2/b8-4+. The van der Waals surface area contributed by atoms with Gasteiger partial charge in [-0.25, -0.2) is 4.39 Å². The number of hydrogen-bond donors (Lipinski definition) is 0. The Kier molecular flexibility index (Phi) is 6.96. The van der Waals surface area contributed by atoms with E-state index in [0.717, 1.165) is 24.0 Å². The van der Waals surface area contributed by atoms with Crippen molar-refractivity contribution in [2.45, 2.75) is 6.54 Å². The van der Waals surface area contributed by atoms with Crippen LogP contribution in [0.2, 0.25) is 4.34 Å². The molecule has 5 nitrogen and oxygen atoms in total. The van der Waals surface area contributed by atoms with Crippen LogP contribution < -0.4 is 4.74 Å². The third-order valence-electron chi connectivity index (χ3n) is 4.93. The molecule has 1 aliphatic rings. The molecule has 0 N–H and O–H groups in total. The van der Waals surface area contributed by atoms with Gasteiger partial charge in [0, 0.05) is 49.9 Å². The van der Waals surface area contributed by atoms with Crippen molar-refractivity contribution in [3.05, 3.63) is 81.5 Å². The zero-order chi connectivity index (χ0) is 21.6. The van der Waals surface area contributed by atoms with Gasteiger partial charge in [0.15, 0.2) is 11.6 Å². The summed E-state index contributed by atoms with van der Waals surface area (Å²) in [6.07, 6.45) is 6.25. The minimum atomic E-state index is -0.499. The Morgan fingerprint density at radius 2 is 2.03 bits per heavy atom. The predicted octanol–water partition coefficient (Wildman–Crippen LogP) is 5.09. The summed E-state index contributed by atoms with van der Waals surface area (Å²) in [5.74, 6) is -0.00326. The monoisotopic (exact) mass is 457 g/mol. The molecule has 4 rings (SSSR count). The van der Waals surface area contributed by atoms with Gasteiger partial charge in [0.1, 0.15) is 5.75 Å². The van der Waals surface area contributed by atoms with Crippen LogP contribution in [0.3, 0.4) is 0 Å². The van der Waals surface area contributed by atoms with Crippen LogP contribution in [0, 0.1) is 5.82 Å². The number of benzene rings is 1. The van der Waals surface area contributed by atoms with E-state index in [1.54, 1.807) is 47.9 Å². The summed E-state index contributed by atoms with van der Waals surface area (Å²) in [7, 11) is 0. The number of aromatic nitrogens is 1. The number of ether oxygens (including phenoxy) is 1. The Balaban J connectivity index is 1.29. The lowest BCUT2D eigenvalue weighted by molar-refractivity contribution is -0.127. The topological polar surface area (TPSA) is 45.7 Å². The molecule has 31 heavy (non-hydrogen) atoms. The van der Waals surface area contributed by atoms with Crippen molar-refractivity contribution < 1.29 is 13.9 Å². The lowest BCUT2D eigenvalue weighted by atomic mass is 10.2. The van der Waals surface area contributed by atoms with Gasteiger partial charge in [-0.15, -0.1) is 11.3 Å². The number of thiophene rings is 1. The molecule has 8 heteroatoms. The minimum absolute atomic E-state index is 0.0742. The molecular formula is C23H21ClFN3O2S. The molecule has 0 saturated carbocycles. The lowest BCUT2D eigenvalue weighted by Crippen LogP contribution is -2.47. The highest BCUT2D eigenvalue weighted by Crippen LogP contribution is 2.25. The number of hydrogen-bond acceptors (Lipinski definition) is 5. The normalized spacial score (nSPS) is 14.8. The Bertz CT molecular complexity index is 1070. The van der Waals surface area contributed by atoms with Crippen molar-refractivity contribution in [1.82, 2.24) is 14.8 Å². The van der Waals surface area contributed by atoms with Crippen molar-refractivity contribution in [3.8, 4) is 11.5 Å². The summed E-state index contributed by atoms with van der Waals surface area (Å²) in [6, 6.07) is 12.0. The highest BCUT2D eigenvalue weighted by Gasteiger charge is 2.20. The first-order valence-electron chi connectivity index (χ1n) is 9.88. The maximum Gasteiger partial charge on any atom is 0.246 e. The number of piperazine rings is 1. The van der Waals surface area contributed by atoms with Crippen molar-refractivity contribution in [2.24, 2.45) is 0 Å². The molecule has 2 aromatic heterocycles. The third-order valence-corrected chi connectivity index (χ3v) is 6.14. The van der Waals surface area contributed by atoms with Crippen LogP contribution in [-0.2, 0) is 11.3 Å². The van der Waals surface area contributed by atoms with Crippen LogP contribution in [-0.4, -0.2) is 46.9 Å². The van der Waals surface area contributed by atoms with Crippen LogP contribution in [0.15, 0.2) is 60.9 Å². The number of carbonyl (C=O) groups is 1. The summed E-state index contributed by atoms with van der Waals surface area (Å²) in [6.45, 7) is 3.79. The molecular weight excluding hydrogens is 437 g/mol. The maximum absolute atomic E-state index is 14.4. The van der Waals surface area contributed by atoms with Gasteiger partial charge in [0.05, 0.1) is 10.5 Å². The maximum atomic E-state index is 14.4. The van der Waals surface area contributed by atoms with Crippen LogP contribution in [0.1, 0.15) is 10.4 Å². The van der Waals surface area contributed by atoms with Crippen molar-refractivity contribution in [2.75, 3.05) is 26.2 Å². The fraction of sp³-hybridized carbons (Fsp3) is 0.217. The van der Waals surface area contributed by atoms with E-state index in [1.807, 2.05) is 17.0 Å². The van der Waals surface area contributed by atoms with E-state index >= 15 is 0 Å². The molecule has 0 aliphatic carbocycles. The minimum Gasteiger partial charge on any atom is -0.453 e.